The quantitative estimate of drug-likeness (QED) is 0.543. The molecule has 0 amide bonds. The van der Waals surface area contributed by atoms with Crippen LogP contribution in [0.15, 0.2) is 11.0 Å². The Kier molecular flexibility index (Phi) is 4.02. The molecule has 4 N–H and O–H groups in total. The number of ether oxygens (including phenoxy) is 1. The number of aliphatic hydroxyl groups is 3. The maximum absolute atomic E-state index is 14.3. The molecule has 0 aromatic carbocycles. The van der Waals surface area contributed by atoms with E-state index in [1.165, 1.54) is 17.7 Å². The van der Waals surface area contributed by atoms with E-state index >= 15 is 0 Å². The number of halogens is 1. The molecule has 1 saturated heterocycles. The Morgan fingerprint density at radius 2 is 2.17 bits per heavy atom. The van der Waals surface area contributed by atoms with Crippen molar-refractivity contribution in [1.82, 2.24) is 14.5 Å². The zero-order chi connectivity index (χ0) is 16.9. The van der Waals surface area contributed by atoms with Crippen LogP contribution in [0, 0.1) is 17.5 Å². The summed E-state index contributed by atoms with van der Waals surface area (Å²) in [6, 6.07) is 0. The van der Waals surface area contributed by atoms with Crippen molar-refractivity contribution in [3.63, 3.8) is 0 Å². The number of H-pyrrole nitrogens is 1. The molecule has 2 aromatic heterocycles. The average Bonchev–Trinajstić information content (AvgIpc) is 2.80. The number of rotatable bonds is 2. The minimum absolute atomic E-state index is 0.00608. The first-order valence-electron chi connectivity index (χ1n) is 6.79. The third-order valence-electron chi connectivity index (χ3n) is 3.88. The van der Waals surface area contributed by atoms with Crippen molar-refractivity contribution in [2.75, 3.05) is 6.61 Å². The predicted octanol–water partition coefficient (Wildman–Crippen LogP) is -0.487. The summed E-state index contributed by atoms with van der Waals surface area (Å²) in [6.45, 7) is 0.829. The molecule has 3 rings (SSSR count). The Bertz CT molecular complexity index is 882. The summed E-state index contributed by atoms with van der Waals surface area (Å²) in [5, 5.41) is 29.0. The summed E-state index contributed by atoms with van der Waals surface area (Å²) in [5.74, 6) is -0.758. The van der Waals surface area contributed by atoms with Gasteiger partial charge in [0.25, 0.3) is 5.56 Å². The van der Waals surface area contributed by atoms with Gasteiger partial charge in [0.2, 0.25) is 4.77 Å². The first-order chi connectivity index (χ1) is 10.8. The van der Waals surface area contributed by atoms with Gasteiger partial charge in [-0.1, -0.05) is 0 Å². The molecule has 2 aromatic rings. The molecule has 0 saturated carbocycles. The van der Waals surface area contributed by atoms with Crippen LogP contribution in [0.25, 0.3) is 11.0 Å². The van der Waals surface area contributed by atoms with E-state index in [0.29, 0.717) is 0 Å². The molecule has 0 aliphatic carbocycles. The topological polar surface area (TPSA) is 121 Å². The first kappa shape index (κ1) is 16.1. The van der Waals surface area contributed by atoms with E-state index < -0.39 is 42.5 Å². The van der Waals surface area contributed by atoms with Crippen LogP contribution >= 0.6 is 12.2 Å². The lowest BCUT2D eigenvalue weighted by atomic mass is 10.1. The summed E-state index contributed by atoms with van der Waals surface area (Å²) in [4.78, 5) is 17.9. The second kappa shape index (κ2) is 5.73. The van der Waals surface area contributed by atoms with Gasteiger partial charge in [0.1, 0.15) is 29.8 Å². The summed E-state index contributed by atoms with van der Waals surface area (Å²) < 4.78 is 20.7. The van der Waals surface area contributed by atoms with Crippen LogP contribution in [0.3, 0.4) is 0 Å². The van der Waals surface area contributed by atoms with Gasteiger partial charge in [-0.15, -0.1) is 0 Å². The van der Waals surface area contributed by atoms with Crippen molar-refractivity contribution >= 4 is 23.3 Å². The second-order valence-corrected chi connectivity index (χ2v) is 5.68. The van der Waals surface area contributed by atoms with E-state index in [1.54, 1.807) is 0 Å². The number of hydrogen-bond acceptors (Lipinski definition) is 7. The monoisotopic (exact) mass is 343 g/mol. The SMILES string of the molecule is Cc1c(F)c2cn(C3OC(CO)C(O)C3O)c(=S)nc2[nH]c1=O. The molecule has 1 aliphatic heterocycles. The Labute approximate surface area is 133 Å². The van der Waals surface area contributed by atoms with Crippen LogP contribution < -0.4 is 5.56 Å². The van der Waals surface area contributed by atoms with E-state index in [1.807, 2.05) is 0 Å². The second-order valence-electron chi connectivity index (χ2n) is 5.31. The van der Waals surface area contributed by atoms with E-state index in [4.69, 9.17) is 22.1 Å². The predicted molar refractivity (Wildman–Crippen MR) is 78.9 cm³/mol. The van der Waals surface area contributed by atoms with Crippen LogP contribution in [0.5, 0.6) is 0 Å². The number of fused-ring (bicyclic) bond motifs is 1. The molecule has 8 nitrogen and oxygen atoms in total. The molecular formula is C13H14FN3O5S. The molecule has 1 fully saturated rings. The number of pyridine rings is 1. The van der Waals surface area contributed by atoms with Crippen molar-refractivity contribution in [2.45, 2.75) is 31.5 Å². The molecule has 0 radical (unpaired) electrons. The number of nitrogens with zero attached hydrogens (tertiary/aromatic N) is 2. The Morgan fingerprint density at radius 1 is 1.48 bits per heavy atom. The number of aliphatic hydroxyl groups excluding tert-OH is 3. The van der Waals surface area contributed by atoms with E-state index in [0.717, 1.165) is 0 Å². The minimum Gasteiger partial charge on any atom is -0.394 e. The van der Waals surface area contributed by atoms with Gasteiger partial charge in [0.15, 0.2) is 6.23 Å². The minimum atomic E-state index is -1.37. The summed E-state index contributed by atoms with van der Waals surface area (Å²) in [5.41, 5.74) is -0.738. The zero-order valence-corrected chi connectivity index (χ0v) is 12.7. The molecule has 124 valence electrons. The highest BCUT2D eigenvalue weighted by atomic mass is 32.1. The fourth-order valence-electron chi connectivity index (χ4n) is 2.52. The Balaban J connectivity index is 2.18. The van der Waals surface area contributed by atoms with Gasteiger partial charge in [-0.3, -0.25) is 9.36 Å². The van der Waals surface area contributed by atoms with Crippen molar-refractivity contribution in [3.05, 3.63) is 32.7 Å². The van der Waals surface area contributed by atoms with E-state index in [9.17, 15) is 19.4 Å². The smallest absolute Gasteiger partial charge is 0.255 e. The molecule has 3 heterocycles. The molecule has 0 spiro atoms. The van der Waals surface area contributed by atoms with Crippen molar-refractivity contribution in [1.29, 1.82) is 0 Å². The van der Waals surface area contributed by atoms with Gasteiger partial charge < -0.3 is 25.0 Å². The molecule has 1 aliphatic rings. The highest BCUT2D eigenvalue weighted by Gasteiger charge is 2.43. The lowest BCUT2D eigenvalue weighted by Crippen LogP contribution is -2.33. The molecule has 10 heteroatoms. The Morgan fingerprint density at radius 3 is 2.78 bits per heavy atom. The third kappa shape index (κ3) is 2.48. The molecular weight excluding hydrogens is 329 g/mol. The number of nitrogens with one attached hydrogen (secondary N) is 1. The maximum Gasteiger partial charge on any atom is 0.255 e. The summed E-state index contributed by atoms with van der Waals surface area (Å²) in [7, 11) is 0. The lowest BCUT2D eigenvalue weighted by Gasteiger charge is -2.19. The molecule has 4 atom stereocenters. The van der Waals surface area contributed by atoms with Gasteiger partial charge in [0, 0.05) is 6.20 Å². The van der Waals surface area contributed by atoms with Crippen LogP contribution in [0.4, 0.5) is 4.39 Å². The zero-order valence-electron chi connectivity index (χ0n) is 11.9. The van der Waals surface area contributed by atoms with Crippen LogP contribution in [-0.4, -0.2) is 54.8 Å². The van der Waals surface area contributed by atoms with E-state index in [2.05, 4.69) is 9.97 Å². The van der Waals surface area contributed by atoms with Gasteiger partial charge in [-0.25, -0.2) is 9.37 Å². The standard InChI is InChI=1S/C13H14FN3O5S/c1-4-7(14)5-2-17(13(23)16-10(5)15-11(4)21)12-9(20)8(19)6(3-18)22-12/h2,6,8-9,12,18-20H,3H2,1H3,(H,15,16,21,23). The van der Waals surface area contributed by atoms with Crippen molar-refractivity contribution in [3.8, 4) is 0 Å². The van der Waals surface area contributed by atoms with Crippen LogP contribution in [-0.2, 0) is 4.74 Å². The van der Waals surface area contributed by atoms with E-state index in [-0.39, 0.29) is 21.4 Å². The fourth-order valence-corrected chi connectivity index (χ4v) is 2.77. The number of hydrogen-bond donors (Lipinski definition) is 4. The van der Waals surface area contributed by atoms with Gasteiger partial charge in [-0.2, -0.15) is 0 Å². The number of aromatic amines is 1. The third-order valence-corrected chi connectivity index (χ3v) is 4.18. The number of aromatic nitrogens is 3. The highest BCUT2D eigenvalue weighted by molar-refractivity contribution is 7.71. The lowest BCUT2D eigenvalue weighted by molar-refractivity contribution is -0.0539. The molecule has 0 bridgehead atoms. The largest absolute Gasteiger partial charge is 0.394 e. The fraction of sp³-hybridized carbons (Fsp3) is 0.462. The average molecular weight is 343 g/mol. The maximum atomic E-state index is 14.3. The van der Waals surface area contributed by atoms with Crippen molar-refractivity contribution in [2.24, 2.45) is 0 Å². The van der Waals surface area contributed by atoms with Gasteiger partial charge >= 0.3 is 0 Å². The highest BCUT2D eigenvalue weighted by Crippen LogP contribution is 2.30. The summed E-state index contributed by atoms with van der Waals surface area (Å²) in [6.07, 6.45) is -3.55. The van der Waals surface area contributed by atoms with Crippen molar-refractivity contribution < 1.29 is 24.4 Å². The molecule has 23 heavy (non-hydrogen) atoms. The van der Waals surface area contributed by atoms with Gasteiger partial charge in [0.05, 0.1) is 17.6 Å². The first-order valence-corrected chi connectivity index (χ1v) is 7.19. The van der Waals surface area contributed by atoms with Gasteiger partial charge in [-0.05, 0) is 19.1 Å². The molecule has 4 unspecified atom stereocenters. The Hall–Kier alpha value is -1.72. The van der Waals surface area contributed by atoms with Crippen LogP contribution in [0.1, 0.15) is 11.8 Å². The van der Waals surface area contributed by atoms with Crippen LogP contribution in [0.2, 0.25) is 0 Å². The normalized spacial score (nSPS) is 27.7. The summed E-state index contributed by atoms with van der Waals surface area (Å²) >= 11 is 5.07.